The molecule has 0 fully saturated rings. The first-order valence-electron chi connectivity index (χ1n) is 6.19. The Morgan fingerprint density at radius 3 is 2.33 bits per heavy atom. The molecule has 106 valence electrons. The molecule has 0 aliphatic heterocycles. The molecule has 0 atom stereocenters. The summed E-state index contributed by atoms with van der Waals surface area (Å²) in [6.07, 6.45) is 0. The van der Waals surface area contributed by atoms with Crippen LogP contribution in [0.15, 0.2) is 36.4 Å². The summed E-state index contributed by atoms with van der Waals surface area (Å²) in [6, 6.07) is 8.98. The standard InChI is InChI=1S/C15H10F3N3/c1-8-19-13-5-3-2-4-10(13)15(20-8)21-9-6-11(16)14(18)12(17)7-9/h2-7H,1H3,(H,19,20,21). The van der Waals surface area contributed by atoms with Crippen LogP contribution in [0.2, 0.25) is 0 Å². The van der Waals surface area contributed by atoms with Gasteiger partial charge >= 0.3 is 0 Å². The molecule has 21 heavy (non-hydrogen) atoms. The van der Waals surface area contributed by atoms with Crippen LogP contribution in [0, 0.1) is 24.4 Å². The average molecular weight is 289 g/mol. The van der Waals surface area contributed by atoms with E-state index in [1.165, 1.54) is 0 Å². The van der Waals surface area contributed by atoms with Gasteiger partial charge in [-0.1, -0.05) is 12.1 Å². The SMILES string of the molecule is Cc1nc(Nc2cc(F)c(F)c(F)c2)c2ccccc2n1. The normalized spacial score (nSPS) is 10.9. The van der Waals surface area contributed by atoms with E-state index in [9.17, 15) is 13.2 Å². The molecular weight excluding hydrogens is 279 g/mol. The Hall–Kier alpha value is -2.63. The van der Waals surface area contributed by atoms with Crippen molar-refractivity contribution in [2.24, 2.45) is 0 Å². The van der Waals surface area contributed by atoms with Crippen molar-refractivity contribution in [3.63, 3.8) is 0 Å². The Kier molecular flexibility index (Phi) is 3.21. The first kappa shape index (κ1) is 13.4. The number of halogens is 3. The Morgan fingerprint density at radius 2 is 1.62 bits per heavy atom. The van der Waals surface area contributed by atoms with Crippen molar-refractivity contribution >= 4 is 22.4 Å². The van der Waals surface area contributed by atoms with Crippen molar-refractivity contribution in [2.75, 3.05) is 5.32 Å². The summed E-state index contributed by atoms with van der Waals surface area (Å²) < 4.78 is 39.5. The fourth-order valence-corrected chi connectivity index (χ4v) is 2.05. The van der Waals surface area contributed by atoms with Crippen LogP contribution in [0.25, 0.3) is 10.9 Å². The Balaban J connectivity index is 2.10. The third-order valence-electron chi connectivity index (χ3n) is 2.96. The van der Waals surface area contributed by atoms with Crippen molar-refractivity contribution in [2.45, 2.75) is 6.92 Å². The number of anilines is 2. The molecular formula is C15H10F3N3. The first-order valence-corrected chi connectivity index (χ1v) is 6.19. The van der Waals surface area contributed by atoms with Crippen LogP contribution in [0.1, 0.15) is 5.82 Å². The summed E-state index contributed by atoms with van der Waals surface area (Å²) in [5, 5.41) is 3.50. The molecule has 3 nitrogen and oxygen atoms in total. The van der Waals surface area contributed by atoms with Gasteiger partial charge in [-0.3, -0.25) is 0 Å². The molecule has 2 aromatic carbocycles. The highest BCUT2D eigenvalue weighted by molar-refractivity contribution is 5.90. The molecule has 1 aromatic heterocycles. The zero-order chi connectivity index (χ0) is 15.0. The van der Waals surface area contributed by atoms with E-state index in [0.29, 0.717) is 22.5 Å². The molecule has 0 radical (unpaired) electrons. The highest BCUT2D eigenvalue weighted by Crippen LogP contribution is 2.25. The lowest BCUT2D eigenvalue weighted by Crippen LogP contribution is -2.01. The van der Waals surface area contributed by atoms with Crippen LogP contribution in [0.3, 0.4) is 0 Å². The second-order valence-electron chi connectivity index (χ2n) is 4.52. The van der Waals surface area contributed by atoms with E-state index in [1.54, 1.807) is 25.1 Å². The fourth-order valence-electron chi connectivity index (χ4n) is 2.05. The van der Waals surface area contributed by atoms with Gasteiger partial charge in [-0.25, -0.2) is 23.1 Å². The zero-order valence-corrected chi connectivity index (χ0v) is 11.0. The molecule has 0 bridgehead atoms. The molecule has 0 saturated heterocycles. The predicted molar refractivity (Wildman–Crippen MR) is 73.9 cm³/mol. The van der Waals surface area contributed by atoms with Crippen molar-refractivity contribution in [1.82, 2.24) is 9.97 Å². The number of nitrogens with zero attached hydrogens (tertiary/aromatic N) is 2. The first-order chi connectivity index (χ1) is 10.0. The van der Waals surface area contributed by atoms with Gasteiger partial charge in [0.05, 0.1) is 5.52 Å². The summed E-state index contributed by atoms with van der Waals surface area (Å²) in [4.78, 5) is 8.49. The molecule has 3 rings (SSSR count). The number of hydrogen-bond donors (Lipinski definition) is 1. The van der Waals surface area contributed by atoms with Crippen LogP contribution in [-0.4, -0.2) is 9.97 Å². The van der Waals surface area contributed by atoms with Gasteiger partial charge in [0.1, 0.15) is 11.6 Å². The van der Waals surface area contributed by atoms with E-state index in [1.807, 2.05) is 6.07 Å². The summed E-state index contributed by atoms with van der Waals surface area (Å²) in [5.41, 5.74) is 0.783. The van der Waals surface area contributed by atoms with Gasteiger partial charge in [-0.05, 0) is 19.1 Å². The van der Waals surface area contributed by atoms with Crippen molar-refractivity contribution in [3.05, 3.63) is 59.7 Å². The number of para-hydroxylation sites is 1. The second-order valence-corrected chi connectivity index (χ2v) is 4.52. The smallest absolute Gasteiger partial charge is 0.194 e. The molecule has 1 heterocycles. The summed E-state index contributed by atoms with van der Waals surface area (Å²) in [6.45, 7) is 1.71. The van der Waals surface area contributed by atoms with Gasteiger partial charge in [-0.15, -0.1) is 0 Å². The van der Waals surface area contributed by atoms with Gasteiger partial charge in [0, 0.05) is 23.2 Å². The number of hydrogen-bond acceptors (Lipinski definition) is 3. The monoisotopic (exact) mass is 289 g/mol. The minimum atomic E-state index is -1.50. The number of aryl methyl sites for hydroxylation is 1. The Labute approximate surface area is 118 Å². The van der Waals surface area contributed by atoms with E-state index in [-0.39, 0.29) is 5.69 Å². The van der Waals surface area contributed by atoms with Crippen LogP contribution in [0.4, 0.5) is 24.7 Å². The summed E-state index contributed by atoms with van der Waals surface area (Å²) >= 11 is 0. The third kappa shape index (κ3) is 2.52. The zero-order valence-electron chi connectivity index (χ0n) is 11.0. The van der Waals surface area contributed by atoms with Gasteiger partial charge in [0.15, 0.2) is 17.5 Å². The molecule has 0 aliphatic carbocycles. The summed E-state index contributed by atoms with van der Waals surface area (Å²) in [5.74, 6) is -3.09. The molecule has 0 saturated carbocycles. The fraction of sp³-hybridized carbons (Fsp3) is 0.0667. The van der Waals surface area contributed by atoms with E-state index in [2.05, 4.69) is 15.3 Å². The lowest BCUT2D eigenvalue weighted by Gasteiger charge is -2.10. The van der Waals surface area contributed by atoms with Gasteiger partial charge in [-0.2, -0.15) is 0 Å². The van der Waals surface area contributed by atoms with E-state index in [0.717, 1.165) is 12.1 Å². The van der Waals surface area contributed by atoms with E-state index < -0.39 is 17.5 Å². The number of aromatic nitrogens is 2. The highest BCUT2D eigenvalue weighted by Gasteiger charge is 2.12. The van der Waals surface area contributed by atoms with Crippen molar-refractivity contribution in [1.29, 1.82) is 0 Å². The van der Waals surface area contributed by atoms with Crippen LogP contribution in [-0.2, 0) is 0 Å². The summed E-state index contributed by atoms with van der Waals surface area (Å²) in [7, 11) is 0. The minimum absolute atomic E-state index is 0.0784. The lowest BCUT2D eigenvalue weighted by molar-refractivity contribution is 0.448. The van der Waals surface area contributed by atoms with Crippen LogP contribution < -0.4 is 5.32 Å². The molecule has 0 spiro atoms. The maximum Gasteiger partial charge on any atom is 0.194 e. The average Bonchev–Trinajstić information content (AvgIpc) is 2.44. The van der Waals surface area contributed by atoms with E-state index in [4.69, 9.17) is 0 Å². The Morgan fingerprint density at radius 1 is 0.952 bits per heavy atom. The number of fused-ring (bicyclic) bond motifs is 1. The minimum Gasteiger partial charge on any atom is -0.339 e. The number of rotatable bonds is 2. The second kappa shape index (κ2) is 5.05. The maximum atomic E-state index is 13.2. The highest BCUT2D eigenvalue weighted by atomic mass is 19.2. The molecule has 6 heteroatoms. The predicted octanol–water partition coefficient (Wildman–Crippen LogP) is 4.10. The quantitative estimate of drug-likeness (QED) is 0.722. The molecule has 0 amide bonds. The lowest BCUT2D eigenvalue weighted by atomic mass is 10.2. The molecule has 0 aliphatic rings. The van der Waals surface area contributed by atoms with Crippen molar-refractivity contribution < 1.29 is 13.2 Å². The topological polar surface area (TPSA) is 37.8 Å². The molecule has 0 unspecified atom stereocenters. The van der Waals surface area contributed by atoms with Gasteiger partial charge in [0.25, 0.3) is 0 Å². The van der Waals surface area contributed by atoms with Gasteiger partial charge in [0.2, 0.25) is 0 Å². The van der Waals surface area contributed by atoms with Crippen LogP contribution in [0.5, 0.6) is 0 Å². The molecule has 1 N–H and O–H groups in total. The Bertz CT molecular complexity index is 811. The largest absolute Gasteiger partial charge is 0.339 e. The number of nitrogens with one attached hydrogen (secondary N) is 1. The molecule has 3 aromatic rings. The van der Waals surface area contributed by atoms with E-state index >= 15 is 0 Å². The number of benzene rings is 2. The third-order valence-corrected chi connectivity index (χ3v) is 2.96. The van der Waals surface area contributed by atoms with Gasteiger partial charge < -0.3 is 5.32 Å². The van der Waals surface area contributed by atoms with Crippen molar-refractivity contribution in [3.8, 4) is 0 Å². The maximum absolute atomic E-state index is 13.2. The van der Waals surface area contributed by atoms with Crippen LogP contribution >= 0.6 is 0 Å².